The first-order valence-corrected chi connectivity index (χ1v) is 10.2. The Balaban J connectivity index is 1.90. The smallest absolute Gasteiger partial charge is 0.300 e. The molecule has 32 heavy (non-hydrogen) atoms. The number of hydrogen-bond acceptors (Lipinski definition) is 5. The van der Waals surface area contributed by atoms with E-state index >= 15 is 0 Å². The fourth-order valence-electron chi connectivity index (χ4n) is 3.71. The SMILES string of the molecule is COc1ccc([C@@H]2C(=C(O)c3ccc(Cl)cc3)C(=O)C(=O)N2c2ccc(OC)cc2)cc1. The maximum atomic E-state index is 13.1. The average molecular weight is 450 g/mol. The molecule has 0 spiro atoms. The number of rotatable bonds is 5. The van der Waals surface area contributed by atoms with Gasteiger partial charge in [-0.15, -0.1) is 0 Å². The number of aliphatic hydroxyl groups excluding tert-OH is 1. The van der Waals surface area contributed by atoms with Gasteiger partial charge >= 0.3 is 0 Å². The molecule has 162 valence electrons. The van der Waals surface area contributed by atoms with Crippen LogP contribution in [0.25, 0.3) is 5.76 Å². The van der Waals surface area contributed by atoms with Crippen LogP contribution < -0.4 is 14.4 Å². The molecule has 1 aliphatic rings. The molecule has 3 aromatic rings. The standard InChI is InChI=1S/C25H20ClNO5/c1-31-19-11-5-15(6-12-19)22-21(23(28)16-3-7-17(26)8-4-16)24(29)25(30)27(22)18-9-13-20(32-2)14-10-18/h3-14,22,28H,1-2H3/t22-/m1/s1. The van der Waals surface area contributed by atoms with Crippen LogP contribution in [0.5, 0.6) is 11.5 Å². The number of ketones is 1. The van der Waals surface area contributed by atoms with Crippen molar-refractivity contribution in [2.45, 2.75) is 6.04 Å². The lowest BCUT2D eigenvalue weighted by Gasteiger charge is -2.25. The van der Waals surface area contributed by atoms with E-state index in [0.717, 1.165) is 0 Å². The topological polar surface area (TPSA) is 76.1 Å². The lowest BCUT2D eigenvalue weighted by atomic mass is 9.95. The van der Waals surface area contributed by atoms with E-state index in [4.69, 9.17) is 21.1 Å². The molecule has 4 rings (SSSR count). The Morgan fingerprint density at radius 1 is 0.844 bits per heavy atom. The number of aliphatic hydroxyl groups is 1. The number of Topliss-reactive ketones (excluding diaryl/α,β-unsaturated/α-hetero) is 1. The van der Waals surface area contributed by atoms with Crippen LogP contribution in [0.4, 0.5) is 5.69 Å². The number of benzene rings is 3. The minimum absolute atomic E-state index is 0.00157. The molecule has 1 saturated heterocycles. The van der Waals surface area contributed by atoms with Gasteiger partial charge < -0.3 is 14.6 Å². The highest BCUT2D eigenvalue weighted by molar-refractivity contribution is 6.51. The molecule has 0 saturated carbocycles. The Morgan fingerprint density at radius 3 is 1.91 bits per heavy atom. The van der Waals surface area contributed by atoms with Crippen molar-refractivity contribution in [2.75, 3.05) is 19.1 Å². The summed E-state index contributed by atoms with van der Waals surface area (Å²) in [5.74, 6) is -0.516. The van der Waals surface area contributed by atoms with E-state index in [2.05, 4.69) is 0 Å². The van der Waals surface area contributed by atoms with Crippen LogP contribution in [0.2, 0.25) is 5.02 Å². The Kier molecular flexibility index (Phi) is 5.88. The molecule has 0 aromatic heterocycles. The van der Waals surface area contributed by atoms with Crippen LogP contribution in [-0.4, -0.2) is 31.0 Å². The van der Waals surface area contributed by atoms with Gasteiger partial charge in [-0.2, -0.15) is 0 Å². The predicted molar refractivity (Wildman–Crippen MR) is 122 cm³/mol. The van der Waals surface area contributed by atoms with Crippen LogP contribution in [-0.2, 0) is 9.59 Å². The van der Waals surface area contributed by atoms with Crippen molar-refractivity contribution >= 4 is 34.7 Å². The molecule has 0 radical (unpaired) electrons. The third kappa shape index (κ3) is 3.81. The summed E-state index contributed by atoms with van der Waals surface area (Å²) in [6, 6.07) is 19.4. The molecule has 1 fully saturated rings. The largest absolute Gasteiger partial charge is 0.507 e. The summed E-state index contributed by atoms with van der Waals surface area (Å²) in [4.78, 5) is 27.6. The van der Waals surface area contributed by atoms with Crippen LogP contribution in [0.1, 0.15) is 17.2 Å². The number of amides is 1. The van der Waals surface area contributed by atoms with Gasteiger partial charge in [-0.05, 0) is 66.2 Å². The zero-order valence-corrected chi connectivity index (χ0v) is 18.2. The molecule has 3 aromatic carbocycles. The number of hydrogen-bond donors (Lipinski definition) is 1. The molecule has 1 aliphatic heterocycles. The molecule has 1 heterocycles. The van der Waals surface area contributed by atoms with Crippen LogP contribution >= 0.6 is 11.6 Å². The first-order valence-electron chi connectivity index (χ1n) is 9.79. The molecule has 1 atom stereocenters. The molecule has 0 unspecified atom stereocenters. The number of carbonyl (C=O) groups excluding carboxylic acids is 2. The van der Waals surface area contributed by atoms with Crippen molar-refractivity contribution in [1.82, 2.24) is 0 Å². The van der Waals surface area contributed by atoms with E-state index in [-0.39, 0.29) is 11.3 Å². The van der Waals surface area contributed by atoms with Gasteiger partial charge in [-0.1, -0.05) is 23.7 Å². The Morgan fingerprint density at radius 2 is 1.38 bits per heavy atom. The van der Waals surface area contributed by atoms with Crippen molar-refractivity contribution in [3.8, 4) is 11.5 Å². The van der Waals surface area contributed by atoms with E-state index in [1.165, 1.54) is 4.90 Å². The van der Waals surface area contributed by atoms with Crippen LogP contribution in [0.15, 0.2) is 78.4 Å². The molecule has 1 N–H and O–H groups in total. The molecule has 0 bridgehead atoms. The quantitative estimate of drug-likeness (QED) is 0.337. The zero-order chi connectivity index (χ0) is 22.8. The fourth-order valence-corrected chi connectivity index (χ4v) is 3.83. The maximum absolute atomic E-state index is 13.1. The van der Waals surface area contributed by atoms with Gasteiger partial charge in [0.1, 0.15) is 17.3 Å². The minimum Gasteiger partial charge on any atom is -0.507 e. The number of anilines is 1. The molecular formula is C25H20ClNO5. The summed E-state index contributed by atoms with van der Waals surface area (Å²) >= 11 is 5.96. The Bertz CT molecular complexity index is 1180. The summed E-state index contributed by atoms with van der Waals surface area (Å²) in [6.45, 7) is 0. The Hall–Kier alpha value is -3.77. The van der Waals surface area contributed by atoms with Crippen molar-refractivity contribution in [3.63, 3.8) is 0 Å². The second-order valence-electron chi connectivity index (χ2n) is 7.15. The van der Waals surface area contributed by atoms with Crippen molar-refractivity contribution in [1.29, 1.82) is 0 Å². The van der Waals surface area contributed by atoms with Gasteiger partial charge in [0.25, 0.3) is 11.7 Å². The first-order chi connectivity index (χ1) is 15.4. The first kappa shape index (κ1) is 21.5. The van der Waals surface area contributed by atoms with Gasteiger partial charge in [0.2, 0.25) is 0 Å². The van der Waals surface area contributed by atoms with Crippen molar-refractivity contribution in [3.05, 3.63) is 94.5 Å². The van der Waals surface area contributed by atoms with Crippen LogP contribution in [0.3, 0.4) is 0 Å². The summed E-state index contributed by atoms with van der Waals surface area (Å²) in [7, 11) is 3.10. The second-order valence-corrected chi connectivity index (χ2v) is 7.58. The van der Waals surface area contributed by atoms with Gasteiger partial charge in [-0.25, -0.2) is 0 Å². The highest BCUT2D eigenvalue weighted by Crippen LogP contribution is 2.42. The number of methoxy groups -OCH3 is 2. The average Bonchev–Trinajstić information content (AvgIpc) is 3.09. The van der Waals surface area contributed by atoms with E-state index < -0.39 is 17.7 Å². The number of carbonyl (C=O) groups is 2. The van der Waals surface area contributed by atoms with Gasteiger partial charge in [-0.3, -0.25) is 14.5 Å². The number of nitrogens with zero attached hydrogens (tertiary/aromatic N) is 1. The molecule has 1 amide bonds. The van der Waals surface area contributed by atoms with Crippen molar-refractivity contribution in [2.24, 2.45) is 0 Å². The van der Waals surface area contributed by atoms with E-state index in [9.17, 15) is 14.7 Å². The van der Waals surface area contributed by atoms with Gasteiger partial charge in [0, 0.05) is 16.3 Å². The van der Waals surface area contributed by atoms with E-state index in [1.807, 2.05) is 0 Å². The molecule has 7 heteroatoms. The third-order valence-corrected chi connectivity index (χ3v) is 5.60. The van der Waals surface area contributed by atoms with E-state index in [0.29, 0.717) is 33.3 Å². The fraction of sp³-hybridized carbons (Fsp3) is 0.120. The number of ether oxygens (including phenoxy) is 2. The minimum atomic E-state index is -0.829. The lowest BCUT2D eigenvalue weighted by molar-refractivity contribution is -0.132. The summed E-state index contributed by atoms with van der Waals surface area (Å²) < 4.78 is 10.4. The Labute approximate surface area is 190 Å². The molecule has 0 aliphatic carbocycles. The van der Waals surface area contributed by atoms with Gasteiger partial charge in [0.05, 0.1) is 25.8 Å². The zero-order valence-electron chi connectivity index (χ0n) is 17.4. The highest BCUT2D eigenvalue weighted by Gasteiger charge is 2.46. The van der Waals surface area contributed by atoms with Crippen molar-refractivity contribution < 1.29 is 24.2 Å². The molecule has 6 nitrogen and oxygen atoms in total. The van der Waals surface area contributed by atoms with E-state index in [1.54, 1.807) is 87.0 Å². The van der Waals surface area contributed by atoms with Gasteiger partial charge in [0.15, 0.2) is 0 Å². The lowest BCUT2D eigenvalue weighted by Crippen LogP contribution is -2.29. The second kappa shape index (κ2) is 8.77. The third-order valence-electron chi connectivity index (χ3n) is 5.34. The monoisotopic (exact) mass is 449 g/mol. The summed E-state index contributed by atoms with van der Waals surface area (Å²) in [5, 5.41) is 11.6. The predicted octanol–water partition coefficient (Wildman–Crippen LogP) is 4.98. The summed E-state index contributed by atoms with van der Waals surface area (Å²) in [6.07, 6.45) is 0. The maximum Gasteiger partial charge on any atom is 0.300 e. The van der Waals surface area contributed by atoms with Crippen LogP contribution in [0, 0.1) is 0 Å². The molecular weight excluding hydrogens is 430 g/mol. The summed E-state index contributed by atoms with van der Waals surface area (Å²) in [5.41, 5.74) is 1.54. The highest BCUT2D eigenvalue weighted by atomic mass is 35.5. The number of halogens is 1. The normalized spacial score (nSPS) is 17.5.